The minimum atomic E-state index is -0.119. The minimum Gasteiger partial charge on any atom is -0.445 e. The van der Waals surface area contributed by atoms with E-state index in [2.05, 4.69) is 0 Å². The topological polar surface area (TPSA) is 59.5 Å². The van der Waals surface area contributed by atoms with E-state index >= 15 is 0 Å². The van der Waals surface area contributed by atoms with E-state index in [1.807, 2.05) is 6.92 Å². The molecule has 1 heterocycles. The number of rotatable bonds is 1. The molecule has 0 bridgehead atoms. The molecule has 0 saturated heterocycles. The molecule has 0 aliphatic rings. The normalized spacial score (nSPS) is 10.2. The number of furan rings is 1. The van der Waals surface area contributed by atoms with Gasteiger partial charge in [-0.15, -0.1) is 0 Å². The van der Waals surface area contributed by atoms with Crippen molar-refractivity contribution in [1.29, 1.82) is 0 Å². The van der Waals surface area contributed by atoms with Gasteiger partial charge in [0, 0.05) is 19.7 Å². The quantitative estimate of drug-likeness (QED) is 0.709. The third-order valence-corrected chi connectivity index (χ3v) is 2.03. The highest BCUT2D eigenvalue weighted by Gasteiger charge is 2.20. The number of aryl methyl sites for hydroxylation is 1. The monoisotopic (exact) mass is 182 g/mol. The van der Waals surface area contributed by atoms with Crippen LogP contribution in [0.2, 0.25) is 0 Å². The maximum atomic E-state index is 11.6. The number of nitrogens with two attached hydrogens (primary N) is 1. The zero-order chi connectivity index (χ0) is 10.2. The van der Waals surface area contributed by atoms with Crippen molar-refractivity contribution in [3.63, 3.8) is 0 Å². The molecule has 0 spiro atoms. The van der Waals surface area contributed by atoms with E-state index in [9.17, 15) is 4.79 Å². The largest absolute Gasteiger partial charge is 0.445 e. The summed E-state index contributed by atoms with van der Waals surface area (Å²) in [5, 5.41) is 0. The van der Waals surface area contributed by atoms with Gasteiger partial charge < -0.3 is 15.1 Å². The van der Waals surface area contributed by atoms with Crippen molar-refractivity contribution in [3.05, 3.63) is 16.9 Å². The van der Waals surface area contributed by atoms with Crippen LogP contribution in [0, 0.1) is 13.8 Å². The van der Waals surface area contributed by atoms with Gasteiger partial charge in [0.2, 0.25) is 5.88 Å². The molecule has 1 amide bonds. The molecule has 2 N–H and O–H groups in total. The molecule has 4 nitrogen and oxygen atoms in total. The van der Waals surface area contributed by atoms with Gasteiger partial charge in [0.1, 0.15) is 11.3 Å². The zero-order valence-electron chi connectivity index (χ0n) is 8.34. The molecule has 0 aromatic carbocycles. The standard InChI is InChI=1S/C9H14N2O2/c1-5-6(2)13-8(10)7(5)9(12)11(3)4/h10H2,1-4H3. The minimum absolute atomic E-state index is 0.119. The summed E-state index contributed by atoms with van der Waals surface area (Å²) in [6.07, 6.45) is 0. The molecule has 1 aromatic heterocycles. The number of nitrogens with zero attached hydrogens (tertiary/aromatic N) is 1. The lowest BCUT2D eigenvalue weighted by atomic mass is 10.1. The highest BCUT2D eigenvalue weighted by atomic mass is 16.4. The van der Waals surface area contributed by atoms with Crippen molar-refractivity contribution in [2.75, 3.05) is 19.8 Å². The van der Waals surface area contributed by atoms with E-state index in [0.29, 0.717) is 11.3 Å². The summed E-state index contributed by atoms with van der Waals surface area (Å²) in [5.74, 6) is 0.781. The van der Waals surface area contributed by atoms with Crippen LogP contribution >= 0.6 is 0 Å². The van der Waals surface area contributed by atoms with Gasteiger partial charge in [-0.25, -0.2) is 0 Å². The zero-order valence-corrected chi connectivity index (χ0v) is 8.34. The molecule has 1 rings (SSSR count). The van der Waals surface area contributed by atoms with Crippen molar-refractivity contribution in [1.82, 2.24) is 4.90 Å². The van der Waals surface area contributed by atoms with Crippen LogP contribution in [0.15, 0.2) is 4.42 Å². The van der Waals surface area contributed by atoms with Crippen molar-refractivity contribution >= 4 is 11.8 Å². The fourth-order valence-electron chi connectivity index (χ4n) is 1.14. The summed E-state index contributed by atoms with van der Waals surface area (Å²) >= 11 is 0. The summed E-state index contributed by atoms with van der Waals surface area (Å²) < 4.78 is 5.15. The molecule has 0 aliphatic heterocycles. The second-order valence-electron chi connectivity index (χ2n) is 3.22. The van der Waals surface area contributed by atoms with Gasteiger partial charge in [-0.1, -0.05) is 0 Å². The Kier molecular flexibility index (Phi) is 2.32. The van der Waals surface area contributed by atoms with Crippen molar-refractivity contribution in [3.8, 4) is 0 Å². The molecule has 1 aromatic rings. The molecule has 4 heteroatoms. The second kappa shape index (κ2) is 3.12. The number of anilines is 1. The Bertz CT molecular complexity index is 340. The lowest BCUT2D eigenvalue weighted by molar-refractivity contribution is 0.0827. The third kappa shape index (κ3) is 1.52. The van der Waals surface area contributed by atoms with Crippen LogP contribution in [-0.2, 0) is 0 Å². The first-order valence-corrected chi connectivity index (χ1v) is 4.02. The van der Waals surface area contributed by atoms with Crippen LogP contribution in [-0.4, -0.2) is 24.9 Å². The maximum absolute atomic E-state index is 11.6. The highest BCUT2D eigenvalue weighted by Crippen LogP contribution is 2.24. The van der Waals surface area contributed by atoms with Gasteiger partial charge in [0.05, 0.1) is 0 Å². The Hall–Kier alpha value is -1.45. The molecule has 0 saturated carbocycles. The second-order valence-corrected chi connectivity index (χ2v) is 3.22. The summed E-state index contributed by atoms with van der Waals surface area (Å²) in [5.41, 5.74) is 6.86. The van der Waals surface area contributed by atoms with Gasteiger partial charge >= 0.3 is 0 Å². The van der Waals surface area contributed by atoms with E-state index in [-0.39, 0.29) is 11.8 Å². The van der Waals surface area contributed by atoms with Gasteiger partial charge in [-0.05, 0) is 13.8 Å². The van der Waals surface area contributed by atoms with Crippen molar-refractivity contribution in [2.45, 2.75) is 13.8 Å². The number of carbonyl (C=O) groups is 1. The van der Waals surface area contributed by atoms with Crippen LogP contribution in [0.5, 0.6) is 0 Å². The predicted molar refractivity (Wildman–Crippen MR) is 50.6 cm³/mol. The number of amides is 1. The number of hydrogen-bond acceptors (Lipinski definition) is 3. The van der Waals surface area contributed by atoms with Crippen LogP contribution in [0.4, 0.5) is 5.88 Å². The van der Waals surface area contributed by atoms with Gasteiger partial charge in [-0.2, -0.15) is 0 Å². The summed E-state index contributed by atoms with van der Waals surface area (Å²) in [6, 6.07) is 0. The lowest BCUT2D eigenvalue weighted by Crippen LogP contribution is -2.22. The molecular weight excluding hydrogens is 168 g/mol. The van der Waals surface area contributed by atoms with Gasteiger partial charge in [-0.3, -0.25) is 4.79 Å². The highest BCUT2D eigenvalue weighted by molar-refractivity contribution is 5.99. The predicted octanol–water partition coefficient (Wildman–Crippen LogP) is 1.18. The van der Waals surface area contributed by atoms with Crippen LogP contribution in [0.1, 0.15) is 21.7 Å². The molecule has 0 atom stereocenters. The smallest absolute Gasteiger partial charge is 0.259 e. The van der Waals surface area contributed by atoms with Crippen LogP contribution in [0.25, 0.3) is 0 Å². The fraction of sp³-hybridized carbons (Fsp3) is 0.444. The van der Waals surface area contributed by atoms with E-state index < -0.39 is 0 Å². The first-order valence-electron chi connectivity index (χ1n) is 4.02. The Morgan fingerprint density at radius 1 is 1.38 bits per heavy atom. The summed E-state index contributed by atoms with van der Waals surface area (Å²) in [4.78, 5) is 13.1. The third-order valence-electron chi connectivity index (χ3n) is 2.03. The fourth-order valence-corrected chi connectivity index (χ4v) is 1.14. The Morgan fingerprint density at radius 2 is 1.92 bits per heavy atom. The van der Waals surface area contributed by atoms with E-state index in [0.717, 1.165) is 5.56 Å². The Labute approximate surface area is 77.3 Å². The van der Waals surface area contributed by atoms with Crippen molar-refractivity contribution in [2.24, 2.45) is 0 Å². The SMILES string of the molecule is Cc1oc(N)c(C(=O)N(C)C)c1C. The van der Waals surface area contributed by atoms with E-state index in [1.54, 1.807) is 21.0 Å². The van der Waals surface area contributed by atoms with E-state index in [1.165, 1.54) is 4.90 Å². The van der Waals surface area contributed by atoms with Crippen molar-refractivity contribution < 1.29 is 9.21 Å². The first-order chi connectivity index (χ1) is 5.95. The summed E-state index contributed by atoms with van der Waals surface area (Å²) in [6.45, 7) is 3.62. The molecule has 13 heavy (non-hydrogen) atoms. The molecular formula is C9H14N2O2. The van der Waals surface area contributed by atoms with Crippen LogP contribution in [0.3, 0.4) is 0 Å². The van der Waals surface area contributed by atoms with Crippen LogP contribution < -0.4 is 5.73 Å². The summed E-state index contributed by atoms with van der Waals surface area (Å²) in [7, 11) is 3.37. The average Bonchev–Trinajstić information content (AvgIpc) is 2.26. The number of carbonyl (C=O) groups excluding carboxylic acids is 1. The van der Waals surface area contributed by atoms with Gasteiger partial charge in [0.25, 0.3) is 5.91 Å². The number of nitrogen functional groups attached to an aromatic ring is 1. The molecule has 72 valence electrons. The molecule has 0 aliphatic carbocycles. The Morgan fingerprint density at radius 3 is 2.23 bits per heavy atom. The van der Waals surface area contributed by atoms with E-state index in [4.69, 9.17) is 10.2 Å². The maximum Gasteiger partial charge on any atom is 0.259 e. The average molecular weight is 182 g/mol. The Balaban J connectivity index is 3.21. The first kappa shape index (κ1) is 9.64. The number of hydrogen-bond donors (Lipinski definition) is 1. The van der Waals surface area contributed by atoms with Gasteiger partial charge in [0.15, 0.2) is 0 Å². The molecule has 0 fully saturated rings. The molecule has 0 radical (unpaired) electrons. The molecule has 0 unspecified atom stereocenters. The lowest BCUT2D eigenvalue weighted by Gasteiger charge is -2.09.